The number of hydrogen-bond donors (Lipinski definition) is 1. The number of thiophene rings is 1. The van der Waals surface area contributed by atoms with Crippen molar-refractivity contribution < 1.29 is 4.79 Å². The number of piperazine rings is 1. The summed E-state index contributed by atoms with van der Waals surface area (Å²) in [6.07, 6.45) is 2.33. The molecule has 1 aliphatic carbocycles. The number of carbonyl (C=O) groups excluding carboxylic acids is 1. The molecular weight excluding hydrogens is 458 g/mol. The van der Waals surface area contributed by atoms with Crippen LogP contribution in [0.1, 0.15) is 46.2 Å². The lowest BCUT2D eigenvalue weighted by Gasteiger charge is -2.37. The zero-order valence-electron chi connectivity index (χ0n) is 19.9. The predicted octanol–water partition coefficient (Wildman–Crippen LogP) is 4.07. The molecule has 9 heteroatoms. The van der Waals surface area contributed by atoms with Crippen LogP contribution in [-0.4, -0.2) is 52.3 Å². The Bertz CT molecular complexity index is 1420. The number of hydrogen-bond acceptors (Lipinski definition) is 8. The van der Waals surface area contributed by atoms with Crippen molar-refractivity contribution in [1.29, 1.82) is 0 Å². The maximum Gasteiger partial charge on any atom is 0.252 e. The molecular formula is C26H27N7OS. The van der Waals surface area contributed by atoms with Crippen LogP contribution in [0.4, 0.5) is 11.6 Å². The van der Waals surface area contributed by atoms with Crippen LogP contribution in [0, 0.1) is 13.8 Å². The number of nitrogens with two attached hydrogens (primary N) is 1. The molecule has 3 aromatic heterocycles. The van der Waals surface area contributed by atoms with Gasteiger partial charge in [-0.3, -0.25) is 4.79 Å². The summed E-state index contributed by atoms with van der Waals surface area (Å²) in [6.45, 7) is 6.64. The Balaban J connectivity index is 1.36. The SMILES string of the molecule is Cc1nnc(N2CCN(c3nc(C4CC4)nc4scc(-c5ccccc5)c34)CC2)c(C(N)=O)c1C. The molecule has 1 saturated heterocycles. The van der Waals surface area contributed by atoms with Gasteiger partial charge in [0.15, 0.2) is 5.82 Å². The van der Waals surface area contributed by atoms with Crippen molar-refractivity contribution in [2.24, 2.45) is 5.73 Å². The van der Waals surface area contributed by atoms with E-state index in [4.69, 9.17) is 15.7 Å². The molecule has 1 aromatic carbocycles. The predicted molar refractivity (Wildman–Crippen MR) is 139 cm³/mol. The summed E-state index contributed by atoms with van der Waals surface area (Å²) < 4.78 is 0. The molecule has 1 saturated carbocycles. The van der Waals surface area contributed by atoms with Crippen LogP contribution in [0.15, 0.2) is 35.7 Å². The molecule has 2 N–H and O–H groups in total. The molecule has 0 radical (unpaired) electrons. The van der Waals surface area contributed by atoms with Crippen LogP contribution in [0.2, 0.25) is 0 Å². The van der Waals surface area contributed by atoms with Crippen LogP contribution >= 0.6 is 11.3 Å². The number of anilines is 2. The number of nitrogens with zero attached hydrogens (tertiary/aromatic N) is 6. The van der Waals surface area contributed by atoms with Crippen molar-refractivity contribution in [3.8, 4) is 11.1 Å². The zero-order chi connectivity index (χ0) is 24.1. The van der Waals surface area contributed by atoms with Gasteiger partial charge in [-0.05, 0) is 37.8 Å². The van der Waals surface area contributed by atoms with Gasteiger partial charge in [0, 0.05) is 43.0 Å². The average Bonchev–Trinajstić information content (AvgIpc) is 3.64. The number of amides is 1. The standard InChI is InChI=1S/C26H27N7OS/c1-15-16(2)30-31-25(20(15)22(27)34)33-12-10-32(11-13-33)24-21-19(17-6-4-3-5-7-17)14-35-26(21)29-23(28-24)18-8-9-18/h3-7,14,18H,8-13H2,1-2H3,(H2,27,34). The molecule has 35 heavy (non-hydrogen) atoms. The molecule has 0 spiro atoms. The van der Waals surface area contributed by atoms with Gasteiger partial charge in [0.2, 0.25) is 0 Å². The first-order valence-corrected chi connectivity index (χ1v) is 12.9. The minimum absolute atomic E-state index is 0.463. The Labute approximate surface area is 207 Å². The number of aryl methyl sites for hydroxylation is 1. The fraction of sp³-hybridized carbons (Fsp3) is 0.346. The number of fused-ring (bicyclic) bond motifs is 1. The first-order chi connectivity index (χ1) is 17.0. The highest BCUT2D eigenvalue weighted by Gasteiger charge is 2.31. The average molecular weight is 486 g/mol. The van der Waals surface area contributed by atoms with E-state index in [0.29, 0.717) is 30.4 Å². The summed E-state index contributed by atoms with van der Waals surface area (Å²) in [4.78, 5) is 27.8. The van der Waals surface area contributed by atoms with Crippen LogP contribution in [-0.2, 0) is 0 Å². The van der Waals surface area contributed by atoms with Gasteiger partial charge in [-0.15, -0.1) is 16.4 Å². The third kappa shape index (κ3) is 3.89. The lowest BCUT2D eigenvalue weighted by atomic mass is 10.1. The Morgan fingerprint density at radius 2 is 1.66 bits per heavy atom. The second-order valence-corrected chi connectivity index (χ2v) is 10.2. The molecule has 4 heterocycles. The van der Waals surface area contributed by atoms with Crippen molar-refractivity contribution >= 4 is 39.1 Å². The second kappa shape index (κ2) is 8.57. The summed E-state index contributed by atoms with van der Waals surface area (Å²) in [6, 6.07) is 10.5. The van der Waals surface area contributed by atoms with Crippen LogP contribution in [0.3, 0.4) is 0 Å². The number of aromatic nitrogens is 4. The summed E-state index contributed by atoms with van der Waals surface area (Å²) in [5.74, 6) is 2.57. The summed E-state index contributed by atoms with van der Waals surface area (Å²) in [5.41, 5.74) is 10.1. The van der Waals surface area contributed by atoms with Gasteiger partial charge in [-0.2, -0.15) is 5.10 Å². The number of benzene rings is 1. The summed E-state index contributed by atoms with van der Waals surface area (Å²) in [5, 5.41) is 11.9. The van der Waals surface area contributed by atoms with Crippen molar-refractivity contribution in [2.75, 3.05) is 36.0 Å². The fourth-order valence-corrected chi connectivity index (χ4v) is 5.71. The van der Waals surface area contributed by atoms with Gasteiger partial charge in [0.1, 0.15) is 16.5 Å². The van der Waals surface area contributed by atoms with E-state index < -0.39 is 5.91 Å². The van der Waals surface area contributed by atoms with E-state index in [2.05, 4.69) is 49.6 Å². The molecule has 6 rings (SSSR count). The van der Waals surface area contributed by atoms with Crippen LogP contribution in [0.25, 0.3) is 21.3 Å². The van der Waals surface area contributed by atoms with Gasteiger partial charge in [0.05, 0.1) is 16.6 Å². The molecule has 8 nitrogen and oxygen atoms in total. The molecule has 1 aliphatic heterocycles. The van der Waals surface area contributed by atoms with Gasteiger partial charge < -0.3 is 15.5 Å². The zero-order valence-corrected chi connectivity index (χ0v) is 20.7. The Hall–Kier alpha value is -3.59. The minimum atomic E-state index is -0.463. The minimum Gasteiger partial charge on any atom is -0.365 e. The normalized spacial score (nSPS) is 16.2. The fourth-order valence-electron chi connectivity index (χ4n) is 4.76. The van der Waals surface area contributed by atoms with Gasteiger partial charge in [-0.1, -0.05) is 30.3 Å². The van der Waals surface area contributed by atoms with Crippen molar-refractivity contribution in [2.45, 2.75) is 32.6 Å². The molecule has 0 unspecified atom stereocenters. The largest absolute Gasteiger partial charge is 0.365 e. The number of primary amides is 1. The Morgan fingerprint density at radius 3 is 2.31 bits per heavy atom. The molecule has 0 bridgehead atoms. The van der Waals surface area contributed by atoms with E-state index in [1.54, 1.807) is 11.3 Å². The first kappa shape index (κ1) is 21.9. The molecule has 2 aliphatic rings. The second-order valence-electron chi connectivity index (χ2n) is 9.32. The van der Waals surface area contributed by atoms with E-state index in [1.165, 1.54) is 11.1 Å². The molecule has 2 fully saturated rings. The lowest BCUT2D eigenvalue weighted by Crippen LogP contribution is -2.48. The van der Waals surface area contributed by atoms with E-state index >= 15 is 0 Å². The van der Waals surface area contributed by atoms with Gasteiger partial charge >= 0.3 is 0 Å². The third-order valence-electron chi connectivity index (χ3n) is 7.02. The van der Waals surface area contributed by atoms with Crippen LogP contribution in [0.5, 0.6) is 0 Å². The summed E-state index contributed by atoms with van der Waals surface area (Å²) >= 11 is 1.69. The Kier molecular flexibility index (Phi) is 5.36. The topological polar surface area (TPSA) is 101 Å². The highest BCUT2D eigenvalue weighted by Crippen LogP contribution is 2.43. The highest BCUT2D eigenvalue weighted by molar-refractivity contribution is 7.17. The van der Waals surface area contributed by atoms with Gasteiger partial charge in [-0.25, -0.2) is 9.97 Å². The maximum atomic E-state index is 12.2. The molecule has 0 atom stereocenters. The van der Waals surface area contributed by atoms with E-state index in [1.807, 2.05) is 19.9 Å². The smallest absolute Gasteiger partial charge is 0.252 e. The molecule has 1 amide bonds. The molecule has 178 valence electrons. The third-order valence-corrected chi connectivity index (χ3v) is 7.89. The Morgan fingerprint density at radius 1 is 0.971 bits per heavy atom. The monoisotopic (exact) mass is 485 g/mol. The van der Waals surface area contributed by atoms with E-state index in [-0.39, 0.29) is 0 Å². The lowest BCUT2D eigenvalue weighted by molar-refractivity contribution is 0.0999. The van der Waals surface area contributed by atoms with Crippen molar-refractivity contribution in [3.05, 3.63) is 58.4 Å². The quantitative estimate of drug-likeness (QED) is 0.455. The van der Waals surface area contributed by atoms with Crippen molar-refractivity contribution in [1.82, 2.24) is 20.2 Å². The van der Waals surface area contributed by atoms with E-state index in [0.717, 1.165) is 59.0 Å². The van der Waals surface area contributed by atoms with Gasteiger partial charge in [0.25, 0.3) is 5.91 Å². The number of carbonyl (C=O) groups is 1. The van der Waals surface area contributed by atoms with E-state index in [9.17, 15) is 4.79 Å². The number of rotatable bonds is 5. The molecule has 4 aromatic rings. The summed E-state index contributed by atoms with van der Waals surface area (Å²) in [7, 11) is 0. The maximum absolute atomic E-state index is 12.2. The highest BCUT2D eigenvalue weighted by atomic mass is 32.1. The first-order valence-electron chi connectivity index (χ1n) is 12.0. The van der Waals surface area contributed by atoms with Crippen molar-refractivity contribution in [3.63, 3.8) is 0 Å². The van der Waals surface area contributed by atoms with Crippen LogP contribution < -0.4 is 15.5 Å².